The predicted octanol–water partition coefficient (Wildman–Crippen LogP) is 6.32. The van der Waals surface area contributed by atoms with E-state index in [0.717, 1.165) is 38.6 Å². The number of nitrogens with zero attached hydrogens (tertiary/aromatic N) is 2. The van der Waals surface area contributed by atoms with Crippen LogP contribution < -0.4 is 4.74 Å². The summed E-state index contributed by atoms with van der Waals surface area (Å²) in [5.74, 6) is 2.01. The standard InChI is InChI=1S/C23H20N2O2S/c1-15(2)22-13-25-23(28-22)21-12-18-11-19(7-8-20(18)27-21)26-14-17-6-4-3-5-16(17)9-10-24/h3-8,11-13,15H,9,14H2,1-2H3. The maximum Gasteiger partial charge on any atom is 0.164 e. The summed E-state index contributed by atoms with van der Waals surface area (Å²) >= 11 is 1.66. The van der Waals surface area contributed by atoms with Crippen molar-refractivity contribution in [2.24, 2.45) is 0 Å². The smallest absolute Gasteiger partial charge is 0.164 e. The monoisotopic (exact) mass is 388 g/mol. The molecule has 0 saturated carbocycles. The van der Waals surface area contributed by atoms with Gasteiger partial charge < -0.3 is 9.15 Å². The molecule has 0 spiro atoms. The summed E-state index contributed by atoms with van der Waals surface area (Å²) in [6.45, 7) is 4.75. The molecule has 4 rings (SSSR count). The molecule has 0 saturated heterocycles. The molecular weight excluding hydrogens is 368 g/mol. The Labute approximate surface area is 168 Å². The van der Waals surface area contributed by atoms with Crippen LogP contribution in [0.4, 0.5) is 0 Å². The average Bonchev–Trinajstić information content (AvgIpc) is 3.34. The van der Waals surface area contributed by atoms with Gasteiger partial charge in [0.15, 0.2) is 10.8 Å². The van der Waals surface area contributed by atoms with Crippen LogP contribution in [0, 0.1) is 11.3 Å². The number of aromatic nitrogens is 1. The number of benzene rings is 2. The van der Waals surface area contributed by atoms with Crippen molar-refractivity contribution >= 4 is 22.3 Å². The number of thiazole rings is 1. The van der Waals surface area contributed by atoms with Gasteiger partial charge in [0.1, 0.15) is 17.9 Å². The molecular formula is C23H20N2O2S. The average molecular weight is 388 g/mol. The van der Waals surface area contributed by atoms with Crippen LogP contribution in [0.15, 0.2) is 59.1 Å². The summed E-state index contributed by atoms with van der Waals surface area (Å²) in [6.07, 6.45) is 2.31. The molecule has 0 bridgehead atoms. The number of furan rings is 1. The second-order valence-electron chi connectivity index (χ2n) is 6.93. The van der Waals surface area contributed by atoms with Crippen LogP contribution in [0.25, 0.3) is 21.7 Å². The molecule has 0 aliphatic rings. The molecule has 0 amide bonds. The number of fused-ring (bicyclic) bond motifs is 1. The van der Waals surface area contributed by atoms with Crippen LogP contribution in [0.1, 0.15) is 35.8 Å². The van der Waals surface area contributed by atoms with Crippen LogP contribution >= 0.6 is 11.3 Å². The Balaban J connectivity index is 1.54. The van der Waals surface area contributed by atoms with Gasteiger partial charge in [-0.05, 0) is 41.3 Å². The minimum atomic E-state index is 0.385. The third-order valence-corrected chi connectivity index (χ3v) is 5.89. The summed E-state index contributed by atoms with van der Waals surface area (Å²) in [4.78, 5) is 5.74. The fourth-order valence-electron chi connectivity index (χ4n) is 3.00. The van der Waals surface area contributed by atoms with Gasteiger partial charge in [-0.2, -0.15) is 5.26 Å². The van der Waals surface area contributed by atoms with Crippen molar-refractivity contribution in [3.05, 3.63) is 70.7 Å². The van der Waals surface area contributed by atoms with Crippen LogP contribution in [-0.4, -0.2) is 4.98 Å². The maximum absolute atomic E-state index is 8.97. The summed E-state index contributed by atoms with van der Waals surface area (Å²) in [5.41, 5.74) is 2.84. The van der Waals surface area contributed by atoms with Crippen LogP contribution in [-0.2, 0) is 13.0 Å². The minimum absolute atomic E-state index is 0.385. The van der Waals surface area contributed by atoms with Crippen molar-refractivity contribution in [2.75, 3.05) is 0 Å². The molecule has 28 heavy (non-hydrogen) atoms. The normalized spacial score (nSPS) is 11.1. The molecule has 2 heterocycles. The number of ether oxygens (including phenoxy) is 1. The van der Waals surface area contributed by atoms with Gasteiger partial charge in [-0.15, -0.1) is 11.3 Å². The lowest BCUT2D eigenvalue weighted by atomic mass is 10.1. The minimum Gasteiger partial charge on any atom is -0.489 e. The molecule has 0 unspecified atom stereocenters. The highest BCUT2D eigenvalue weighted by molar-refractivity contribution is 7.15. The molecule has 0 N–H and O–H groups in total. The van der Waals surface area contributed by atoms with E-state index in [2.05, 4.69) is 24.9 Å². The zero-order valence-electron chi connectivity index (χ0n) is 15.8. The molecule has 0 aliphatic heterocycles. The van der Waals surface area contributed by atoms with Crippen molar-refractivity contribution in [3.63, 3.8) is 0 Å². The Hall–Kier alpha value is -3.10. The van der Waals surface area contributed by atoms with Crippen molar-refractivity contribution in [1.82, 2.24) is 4.98 Å². The highest BCUT2D eigenvalue weighted by atomic mass is 32.1. The third-order valence-electron chi connectivity index (χ3n) is 4.57. The van der Waals surface area contributed by atoms with Gasteiger partial charge in [-0.25, -0.2) is 4.98 Å². The Morgan fingerprint density at radius 1 is 1.14 bits per heavy atom. The van der Waals surface area contributed by atoms with E-state index < -0.39 is 0 Å². The molecule has 0 atom stereocenters. The maximum atomic E-state index is 8.97. The molecule has 4 aromatic rings. The molecule has 0 aliphatic carbocycles. The van der Waals surface area contributed by atoms with Gasteiger partial charge in [-0.3, -0.25) is 0 Å². The first-order valence-corrected chi connectivity index (χ1v) is 10.0. The number of hydrogen-bond donors (Lipinski definition) is 0. The number of hydrogen-bond acceptors (Lipinski definition) is 5. The summed E-state index contributed by atoms with van der Waals surface area (Å²) in [7, 11) is 0. The lowest BCUT2D eigenvalue weighted by molar-refractivity contribution is 0.305. The lowest BCUT2D eigenvalue weighted by Crippen LogP contribution is -1.99. The second-order valence-corrected chi connectivity index (χ2v) is 7.99. The first kappa shape index (κ1) is 18.3. The van der Waals surface area contributed by atoms with Crippen LogP contribution in [0.5, 0.6) is 5.75 Å². The summed E-state index contributed by atoms with van der Waals surface area (Å²) in [5, 5.41) is 10.9. The van der Waals surface area contributed by atoms with E-state index in [4.69, 9.17) is 14.4 Å². The van der Waals surface area contributed by atoms with E-state index in [-0.39, 0.29) is 0 Å². The Bertz CT molecular complexity index is 1150. The van der Waals surface area contributed by atoms with Gasteiger partial charge in [0.2, 0.25) is 0 Å². The first-order chi connectivity index (χ1) is 13.6. The zero-order valence-corrected chi connectivity index (χ0v) is 16.6. The predicted molar refractivity (Wildman–Crippen MR) is 112 cm³/mol. The quantitative estimate of drug-likeness (QED) is 0.387. The highest BCUT2D eigenvalue weighted by Crippen LogP contribution is 2.34. The lowest BCUT2D eigenvalue weighted by Gasteiger charge is -2.09. The molecule has 0 fully saturated rings. The van der Waals surface area contributed by atoms with Crippen molar-refractivity contribution < 1.29 is 9.15 Å². The van der Waals surface area contributed by atoms with Crippen LogP contribution in [0.2, 0.25) is 0 Å². The second kappa shape index (κ2) is 7.87. The van der Waals surface area contributed by atoms with Crippen molar-refractivity contribution in [2.45, 2.75) is 32.8 Å². The van der Waals surface area contributed by atoms with Gasteiger partial charge in [0, 0.05) is 16.5 Å². The van der Waals surface area contributed by atoms with E-state index in [1.54, 1.807) is 11.3 Å². The largest absolute Gasteiger partial charge is 0.489 e. The SMILES string of the molecule is CC(C)c1cnc(-c2cc3cc(OCc4ccccc4CC#N)ccc3o2)s1. The number of rotatable bonds is 6. The number of nitriles is 1. The summed E-state index contributed by atoms with van der Waals surface area (Å²) < 4.78 is 11.9. The van der Waals surface area contributed by atoms with Gasteiger partial charge in [-0.1, -0.05) is 38.1 Å². The molecule has 140 valence electrons. The van der Waals surface area contributed by atoms with E-state index in [9.17, 15) is 0 Å². The summed E-state index contributed by atoms with van der Waals surface area (Å²) in [6, 6.07) is 17.9. The third kappa shape index (κ3) is 3.78. The van der Waals surface area contributed by atoms with Gasteiger partial charge in [0.05, 0.1) is 12.5 Å². The highest BCUT2D eigenvalue weighted by Gasteiger charge is 2.13. The van der Waals surface area contributed by atoms with E-state index >= 15 is 0 Å². The molecule has 2 aromatic carbocycles. The van der Waals surface area contributed by atoms with Gasteiger partial charge >= 0.3 is 0 Å². The van der Waals surface area contributed by atoms with E-state index in [1.807, 2.05) is 54.7 Å². The Morgan fingerprint density at radius 3 is 2.71 bits per heavy atom. The van der Waals surface area contributed by atoms with Crippen molar-refractivity contribution in [3.8, 4) is 22.6 Å². The molecule has 4 nitrogen and oxygen atoms in total. The fraction of sp³-hybridized carbons (Fsp3) is 0.217. The molecule has 0 radical (unpaired) electrons. The molecule has 2 aromatic heterocycles. The van der Waals surface area contributed by atoms with E-state index in [0.29, 0.717) is 18.9 Å². The topological polar surface area (TPSA) is 59.0 Å². The molecule has 5 heteroatoms. The van der Waals surface area contributed by atoms with Crippen LogP contribution in [0.3, 0.4) is 0 Å². The first-order valence-electron chi connectivity index (χ1n) is 9.20. The van der Waals surface area contributed by atoms with Crippen molar-refractivity contribution in [1.29, 1.82) is 5.26 Å². The zero-order chi connectivity index (χ0) is 19.5. The Morgan fingerprint density at radius 2 is 1.96 bits per heavy atom. The Kier molecular flexibility index (Phi) is 5.14. The van der Waals surface area contributed by atoms with E-state index in [1.165, 1.54) is 4.88 Å². The fourth-order valence-corrected chi connectivity index (χ4v) is 3.87. The van der Waals surface area contributed by atoms with Gasteiger partial charge in [0.25, 0.3) is 0 Å².